The fourth-order valence-corrected chi connectivity index (χ4v) is 3.47. The molecule has 5 heteroatoms. The monoisotopic (exact) mass is 323 g/mol. The highest BCUT2D eigenvalue weighted by atomic mass is 16.5. The van der Waals surface area contributed by atoms with E-state index in [0.717, 1.165) is 30.7 Å². The molecule has 1 saturated heterocycles. The van der Waals surface area contributed by atoms with Crippen LogP contribution in [-0.4, -0.2) is 35.1 Å². The Morgan fingerprint density at radius 2 is 2.17 bits per heavy atom. The van der Waals surface area contributed by atoms with Gasteiger partial charge in [0, 0.05) is 24.8 Å². The molecule has 2 heterocycles. The summed E-state index contributed by atoms with van der Waals surface area (Å²) < 4.78 is 5.88. The van der Waals surface area contributed by atoms with Gasteiger partial charge in [-0.1, -0.05) is 6.07 Å². The lowest BCUT2D eigenvalue weighted by atomic mass is 10.1. The molecule has 1 aromatic heterocycles. The summed E-state index contributed by atoms with van der Waals surface area (Å²) >= 11 is 0. The Morgan fingerprint density at radius 1 is 1.25 bits per heavy atom. The van der Waals surface area contributed by atoms with Crippen LogP contribution in [0.1, 0.15) is 24.0 Å². The number of ether oxygens (including phenoxy) is 1. The highest BCUT2D eigenvalue weighted by molar-refractivity contribution is 5.89. The third-order valence-electron chi connectivity index (χ3n) is 4.72. The maximum atomic E-state index is 12.5. The standard InChI is InChI=1S/C19H21N3O2/c23-19(21-16-7-6-14-3-1-4-15(14)11-16)22-10-8-18(13-22)24-17-5-2-9-20-12-17/h2,5-7,9,11-12,18H,1,3-4,8,10,13H2,(H,21,23)/t18-/m0/s1. The zero-order chi connectivity index (χ0) is 16.4. The number of nitrogens with zero attached hydrogens (tertiary/aromatic N) is 2. The van der Waals surface area contributed by atoms with Gasteiger partial charge in [0.1, 0.15) is 11.9 Å². The smallest absolute Gasteiger partial charge is 0.321 e. The summed E-state index contributed by atoms with van der Waals surface area (Å²) in [5.41, 5.74) is 3.67. The molecule has 0 radical (unpaired) electrons. The summed E-state index contributed by atoms with van der Waals surface area (Å²) in [5, 5.41) is 3.02. The van der Waals surface area contributed by atoms with Gasteiger partial charge in [0.05, 0.1) is 12.7 Å². The lowest BCUT2D eigenvalue weighted by Gasteiger charge is -2.18. The summed E-state index contributed by atoms with van der Waals surface area (Å²) in [6, 6.07) is 9.94. The molecule has 2 aliphatic rings. The highest BCUT2D eigenvalue weighted by Gasteiger charge is 2.27. The predicted molar refractivity (Wildman–Crippen MR) is 92.3 cm³/mol. The first kappa shape index (κ1) is 15.0. The number of benzene rings is 1. The van der Waals surface area contributed by atoms with E-state index in [0.29, 0.717) is 13.1 Å². The number of anilines is 1. The number of hydrogen-bond donors (Lipinski definition) is 1. The fourth-order valence-electron chi connectivity index (χ4n) is 3.47. The first-order valence-corrected chi connectivity index (χ1v) is 8.52. The molecule has 5 nitrogen and oxygen atoms in total. The third kappa shape index (κ3) is 3.20. The molecule has 1 N–H and O–H groups in total. The molecule has 1 aliphatic heterocycles. The van der Waals surface area contributed by atoms with Crippen LogP contribution in [0.5, 0.6) is 5.75 Å². The van der Waals surface area contributed by atoms with Gasteiger partial charge in [-0.15, -0.1) is 0 Å². The molecule has 0 spiro atoms. The molecular formula is C19H21N3O2. The minimum absolute atomic E-state index is 0.0278. The summed E-state index contributed by atoms with van der Waals surface area (Å²) in [5.74, 6) is 0.753. The second-order valence-electron chi connectivity index (χ2n) is 6.43. The summed E-state index contributed by atoms with van der Waals surface area (Å²) in [6.45, 7) is 1.31. The van der Waals surface area contributed by atoms with E-state index in [1.54, 1.807) is 12.4 Å². The number of urea groups is 1. The molecule has 0 saturated carbocycles. The van der Waals surface area contributed by atoms with Gasteiger partial charge in [0.25, 0.3) is 0 Å². The molecule has 2 aromatic rings. The van der Waals surface area contributed by atoms with Crippen molar-refractivity contribution < 1.29 is 9.53 Å². The molecule has 1 fully saturated rings. The Kier molecular flexibility index (Phi) is 4.07. The maximum absolute atomic E-state index is 12.5. The van der Waals surface area contributed by atoms with E-state index in [1.165, 1.54) is 17.5 Å². The summed E-state index contributed by atoms with van der Waals surface area (Å²) in [7, 11) is 0. The van der Waals surface area contributed by atoms with E-state index >= 15 is 0 Å². The van der Waals surface area contributed by atoms with E-state index in [1.807, 2.05) is 23.1 Å². The number of aryl methyl sites for hydroxylation is 2. The Morgan fingerprint density at radius 3 is 3.04 bits per heavy atom. The van der Waals surface area contributed by atoms with Gasteiger partial charge in [-0.25, -0.2) is 4.79 Å². The zero-order valence-corrected chi connectivity index (χ0v) is 13.6. The average Bonchev–Trinajstić information content (AvgIpc) is 3.24. The van der Waals surface area contributed by atoms with Crippen LogP contribution < -0.4 is 10.1 Å². The largest absolute Gasteiger partial charge is 0.487 e. The second-order valence-corrected chi connectivity index (χ2v) is 6.43. The van der Waals surface area contributed by atoms with Crippen molar-refractivity contribution >= 4 is 11.7 Å². The Balaban J connectivity index is 1.34. The van der Waals surface area contributed by atoms with Crippen molar-refractivity contribution in [1.82, 2.24) is 9.88 Å². The first-order valence-electron chi connectivity index (χ1n) is 8.52. The lowest BCUT2D eigenvalue weighted by Crippen LogP contribution is -2.34. The molecule has 124 valence electrons. The van der Waals surface area contributed by atoms with Crippen molar-refractivity contribution in [3.63, 3.8) is 0 Å². The minimum atomic E-state index is -0.0507. The molecular weight excluding hydrogens is 302 g/mol. The number of likely N-dealkylation sites (tertiary alicyclic amines) is 1. The van der Waals surface area contributed by atoms with Crippen molar-refractivity contribution in [2.24, 2.45) is 0 Å². The predicted octanol–water partition coefficient (Wildman–Crippen LogP) is 3.26. The summed E-state index contributed by atoms with van der Waals surface area (Å²) in [6.07, 6.45) is 7.77. The van der Waals surface area contributed by atoms with Gasteiger partial charge >= 0.3 is 6.03 Å². The fraction of sp³-hybridized carbons (Fsp3) is 0.368. The molecule has 1 atom stereocenters. The van der Waals surface area contributed by atoms with Gasteiger partial charge in [-0.2, -0.15) is 0 Å². The number of rotatable bonds is 3. The topological polar surface area (TPSA) is 54.5 Å². The summed E-state index contributed by atoms with van der Waals surface area (Å²) in [4.78, 5) is 18.3. The first-order chi connectivity index (χ1) is 11.8. The third-order valence-corrected chi connectivity index (χ3v) is 4.72. The Hall–Kier alpha value is -2.56. The van der Waals surface area contributed by atoms with Gasteiger partial charge in [0.2, 0.25) is 0 Å². The van der Waals surface area contributed by atoms with Crippen molar-refractivity contribution in [3.8, 4) is 5.75 Å². The Labute approximate surface area is 141 Å². The van der Waals surface area contributed by atoms with Crippen LogP contribution in [0.3, 0.4) is 0 Å². The van der Waals surface area contributed by atoms with E-state index in [-0.39, 0.29) is 12.1 Å². The van der Waals surface area contributed by atoms with E-state index in [9.17, 15) is 4.79 Å². The second kappa shape index (κ2) is 6.51. The van der Waals surface area contributed by atoms with Crippen LogP contribution in [0.25, 0.3) is 0 Å². The van der Waals surface area contributed by atoms with Gasteiger partial charge < -0.3 is 15.0 Å². The maximum Gasteiger partial charge on any atom is 0.321 e. The van der Waals surface area contributed by atoms with E-state index in [4.69, 9.17) is 4.74 Å². The zero-order valence-electron chi connectivity index (χ0n) is 13.6. The number of nitrogens with one attached hydrogen (secondary N) is 1. The number of amides is 2. The number of aromatic nitrogens is 1. The van der Waals surface area contributed by atoms with Crippen molar-refractivity contribution in [3.05, 3.63) is 53.9 Å². The molecule has 1 aliphatic carbocycles. The number of carbonyl (C=O) groups excluding carboxylic acids is 1. The van der Waals surface area contributed by atoms with Crippen LogP contribution in [0.4, 0.5) is 10.5 Å². The van der Waals surface area contributed by atoms with Gasteiger partial charge in [0.15, 0.2) is 0 Å². The normalized spacial score (nSPS) is 19.2. The van der Waals surface area contributed by atoms with E-state index < -0.39 is 0 Å². The van der Waals surface area contributed by atoms with Crippen LogP contribution in [-0.2, 0) is 12.8 Å². The minimum Gasteiger partial charge on any atom is -0.487 e. The quantitative estimate of drug-likeness (QED) is 0.943. The van der Waals surface area contributed by atoms with Crippen molar-refractivity contribution in [2.45, 2.75) is 31.8 Å². The number of fused-ring (bicyclic) bond motifs is 1. The van der Waals surface area contributed by atoms with Crippen molar-refractivity contribution in [2.75, 3.05) is 18.4 Å². The highest BCUT2D eigenvalue weighted by Crippen LogP contribution is 2.25. The van der Waals surface area contributed by atoms with Gasteiger partial charge in [-0.05, 0) is 54.7 Å². The number of pyridine rings is 1. The molecule has 1 aromatic carbocycles. The number of carbonyl (C=O) groups is 1. The molecule has 4 rings (SSSR count). The Bertz CT molecular complexity index is 733. The van der Waals surface area contributed by atoms with Crippen molar-refractivity contribution in [1.29, 1.82) is 0 Å². The lowest BCUT2D eigenvalue weighted by molar-refractivity contribution is 0.194. The van der Waals surface area contributed by atoms with Crippen LogP contribution >= 0.6 is 0 Å². The molecule has 2 amide bonds. The SMILES string of the molecule is O=C(Nc1ccc2c(c1)CCC2)N1CC[C@H](Oc2cccnc2)C1. The number of hydrogen-bond acceptors (Lipinski definition) is 3. The van der Waals surface area contributed by atoms with Crippen LogP contribution in [0.15, 0.2) is 42.7 Å². The van der Waals surface area contributed by atoms with Crippen LogP contribution in [0, 0.1) is 0 Å². The average molecular weight is 323 g/mol. The molecule has 0 bridgehead atoms. The molecule has 24 heavy (non-hydrogen) atoms. The van der Waals surface area contributed by atoms with Gasteiger partial charge in [-0.3, -0.25) is 4.98 Å². The van der Waals surface area contributed by atoms with E-state index in [2.05, 4.69) is 22.4 Å². The van der Waals surface area contributed by atoms with Crippen LogP contribution in [0.2, 0.25) is 0 Å². The molecule has 0 unspecified atom stereocenters.